The van der Waals surface area contributed by atoms with Gasteiger partial charge in [-0.25, -0.2) is 0 Å². The van der Waals surface area contributed by atoms with E-state index in [2.05, 4.69) is 23.2 Å². The van der Waals surface area contributed by atoms with Crippen LogP contribution in [0.2, 0.25) is 0 Å². The minimum Gasteiger partial charge on any atom is -0.399 e. The van der Waals surface area contributed by atoms with Gasteiger partial charge in [-0.05, 0) is 37.6 Å². The number of hydrogen-bond acceptors (Lipinski definition) is 3. The predicted octanol–water partition coefficient (Wildman–Crippen LogP) is 1.54. The van der Waals surface area contributed by atoms with Crippen LogP contribution in [0.5, 0.6) is 0 Å². The van der Waals surface area contributed by atoms with Gasteiger partial charge in [0.25, 0.3) is 0 Å². The first kappa shape index (κ1) is 14.5. The van der Waals surface area contributed by atoms with Gasteiger partial charge in [-0.15, -0.1) is 0 Å². The second-order valence-corrected chi connectivity index (χ2v) is 4.39. The number of carbonyl (C=O) groups excluding carboxylic acids is 1. The molecule has 0 aliphatic rings. The Morgan fingerprint density at radius 1 is 1.39 bits per heavy atom. The molecule has 1 aromatic carbocycles. The van der Waals surface area contributed by atoms with Crippen molar-refractivity contribution in [3.8, 4) is 0 Å². The molecule has 0 atom stereocenters. The summed E-state index contributed by atoms with van der Waals surface area (Å²) in [4.78, 5) is 13.7. The van der Waals surface area contributed by atoms with Gasteiger partial charge in [0.2, 0.25) is 5.91 Å². The lowest BCUT2D eigenvalue weighted by atomic mass is 10.1. The van der Waals surface area contributed by atoms with E-state index in [0.29, 0.717) is 13.1 Å². The zero-order chi connectivity index (χ0) is 13.5. The molecule has 100 valence electrons. The zero-order valence-corrected chi connectivity index (χ0v) is 11.5. The first-order chi connectivity index (χ1) is 8.58. The normalized spacial score (nSPS) is 10.7. The molecular formula is C14H23N3O. The Morgan fingerprint density at radius 3 is 2.72 bits per heavy atom. The highest BCUT2D eigenvalue weighted by Gasteiger charge is 2.10. The standard InChI is InChI=1S/C14H23N3O/c1-4-16-14(18)10-17(5-2)9-12-7-6-8-13(15)11(12)3/h6-8H,4-5,9-10,15H2,1-3H3,(H,16,18). The maximum atomic E-state index is 11.6. The number of rotatable bonds is 6. The molecule has 0 aliphatic heterocycles. The molecule has 1 amide bonds. The lowest BCUT2D eigenvalue weighted by molar-refractivity contribution is -0.122. The molecule has 0 aromatic heterocycles. The first-order valence-corrected chi connectivity index (χ1v) is 6.41. The molecule has 0 radical (unpaired) electrons. The second-order valence-electron chi connectivity index (χ2n) is 4.39. The average molecular weight is 249 g/mol. The van der Waals surface area contributed by atoms with Crippen molar-refractivity contribution in [2.45, 2.75) is 27.3 Å². The van der Waals surface area contributed by atoms with Crippen LogP contribution in [0.1, 0.15) is 25.0 Å². The van der Waals surface area contributed by atoms with Gasteiger partial charge in [0.1, 0.15) is 0 Å². The number of hydrogen-bond donors (Lipinski definition) is 2. The predicted molar refractivity (Wildman–Crippen MR) is 75.2 cm³/mol. The van der Waals surface area contributed by atoms with E-state index in [0.717, 1.165) is 24.3 Å². The Balaban J connectivity index is 2.68. The van der Waals surface area contributed by atoms with Gasteiger partial charge in [-0.2, -0.15) is 0 Å². The Labute approximate surface area is 109 Å². The fraction of sp³-hybridized carbons (Fsp3) is 0.500. The van der Waals surface area contributed by atoms with Crippen LogP contribution in [0.3, 0.4) is 0 Å². The van der Waals surface area contributed by atoms with Crippen LogP contribution in [0.4, 0.5) is 5.69 Å². The van der Waals surface area contributed by atoms with Gasteiger partial charge in [0.05, 0.1) is 6.54 Å². The van der Waals surface area contributed by atoms with E-state index < -0.39 is 0 Å². The quantitative estimate of drug-likeness (QED) is 0.752. The van der Waals surface area contributed by atoms with Crippen molar-refractivity contribution >= 4 is 11.6 Å². The maximum Gasteiger partial charge on any atom is 0.234 e. The van der Waals surface area contributed by atoms with Crippen LogP contribution < -0.4 is 11.1 Å². The highest BCUT2D eigenvalue weighted by atomic mass is 16.2. The summed E-state index contributed by atoms with van der Waals surface area (Å²) in [5.74, 6) is 0.0703. The minimum atomic E-state index is 0.0703. The topological polar surface area (TPSA) is 58.4 Å². The van der Waals surface area contributed by atoms with Gasteiger partial charge in [0.15, 0.2) is 0 Å². The summed E-state index contributed by atoms with van der Waals surface area (Å²) in [6.45, 7) is 8.70. The molecule has 18 heavy (non-hydrogen) atoms. The van der Waals surface area contributed by atoms with E-state index >= 15 is 0 Å². The monoisotopic (exact) mass is 249 g/mol. The number of nitrogens with one attached hydrogen (secondary N) is 1. The Bertz CT molecular complexity index is 404. The smallest absolute Gasteiger partial charge is 0.234 e. The van der Waals surface area contributed by atoms with E-state index in [4.69, 9.17) is 5.73 Å². The van der Waals surface area contributed by atoms with Gasteiger partial charge in [-0.3, -0.25) is 9.69 Å². The zero-order valence-electron chi connectivity index (χ0n) is 11.5. The van der Waals surface area contributed by atoms with E-state index in [9.17, 15) is 4.79 Å². The molecule has 0 heterocycles. The number of nitrogens with two attached hydrogens (primary N) is 1. The van der Waals surface area contributed by atoms with Crippen molar-refractivity contribution in [1.82, 2.24) is 10.2 Å². The molecule has 1 aromatic rings. The Hall–Kier alpha value is -1.55. The third-order valence-corrected chi connectivity index (χ3v) is 3.07. The molecular weight excluding hydrogens is 226 g/mol. The lowest BCUT2D eigenvalue weighted by Crippen LogP contribution is -2.36. The van der Waals surface area contributed by atoms with Crippen molar-refractivity contribution < 1.29 is 4.79 Å². The second kappa shape index (κ2) is 7.01. The Kier molecular flexibility index (Phi) is 5.65. The van der Waals surface area contributed by atoms with Crippen LogP contribution in [0, 0.1) is 6.92 Å². The summed E-state index contributed by atoms with van der Waals surface area (Å²) < 4.78 is 0. The number of anilines is 1. The van der Waals surface area contributed by atoms with Crippen molar-refractivity contribution in [3.05, 3.63) is 29.3 Å². The SMILES string of the molecule is CCNC(=O)CN(CC)Cc1cccc(N)c1C. The number of likely N-dealkylation sites (N-methyl/N-ethyl adjacent to an activating group) is 2. The van der Waals surface area contributed by atoms with E-state index in [1.54, 1.807) is 0 Å². The number of benzene rings is 1. The largest absolute Gasteiger partial charge is 0.399 e. The molecule has 1 rings (SSSR count). The van der Waals surface area contributed by atoms with Crippen LogP contribution >= 0.6 is 0 Å². The summed E-state index contributed by atoms with van der Waals surface area (Å²) in [6, 6.07) is 5.92. The van der Waals surface area contributed by atoms with Crippen molar-refractivity contribution in [1.29, 1.82) is 0 Å². The van der Waals surface area contributed by atoms with Crippen LogP contribution in [0.25, 0.3) is 0 Å². The van der Waals surface area contributed by atoms with Gasteiger partial charge in [-0.1, -0.05) is 19.1 Å². The van der Waals surface area contributed by atoms with Gasteiger partial charge >= 0.3 is 0 Å². The highest BCUT2D eigenvalue weighted by Crippen LogP contribution is 2.17. The summed E-state index contributed by atoms with van der Waals surface area (Å²) in [7, 11) is 0. The first-order valence-electron chi connectivity index (χ1n) is 6.41. The molecule has 0 bridgehead atoms. The van der Waals surface area contributed by atoms with Crippen molar-refractivity contribution in [2.75, 3.05) is 25.4 Å². The number of carbonyl (C=O) groups is 1. The summed E-state index contributed by atoms with van der Waals surface area (Å²) in [5, 5.41) is 2.82. The van der Waals surface area contributed by atoms with E-state index in [-0.39, 0.29) is 5.91 Å². The molecule has 0 fully saturated rings. The van der Waals surface area contributed by atoms with Gasteiger partial charge in [0, 0.05) is 18.8 Å². The summed E-state index contributed by atoms with van der Waals surface area (Å²) in [5.41, 5.74) is 8.98. The maximum absolute atomic E-state index is 11.6. The molecule has 3 N–H and O–H groups in total. The third-order valence-electron chi connectivity index (χ3n) is 3.07. The molecule has 0 saturated carbocycles. The summed E-state index contributed by atoms with van der Waals surface area (Å²) >= 11 is 0. The van der Waals surface area contributed by atoms with Crippen LogP contribution in [-0.2, 0) is 11.3 Å². The number of nitrogens with zero attached hydrogens (tertiary/aromatic N) is 1. The molecule has 0 aliphatic carbocycles. The van der Waals surface area contributed by atoms with Crippen molar-refractivity contribution in [2.24, 2.45) is 0 Å². The van der Waals surface area contributed by atoms with E-state index in [1.807, 2.05) is 26.0 Å². The summed E-state index contributed by atoms with van der Waals surface area (Å²) in [6.07, 6.45) is 0. The molecule has 4 heteroatoms. The molecule has 0 spiro atoms. The molecule has 0 saturated heterocycles. The Morgan fingerprint density at radius 2 is 2.11 bits per heavy atom. The number of amides is 1. The van der Waals surface area contributed by atoms with Crippen LogP contribution in [-0.4, -0.2) is 30.4 Å². The highest BCUT2D eigenvalue weighted by molar-refractivity contribution is 5.77. The van der Waals surface area contributed by atoms with E-state index in [1.165, 1.54) is 5.56 Å². The fourth-order valence-corrected chi connectivity index (χ4v) is 1.85. The van der Waals surface area contributed by atoms with Crippen LogP contribution in [0.15, 0.2) is 18.2 Å². The van der Waals surface area contributed by atoms with Gasteiger partial charge < -0.3 is 11.1 Å². The minimum absolute atomic E-state index is 0.0703. The molecule has 4 nitrogen and oxygen atoms in total. The lowest BCUT2D eigenvalue weighted by Gasteiger charge is -2.21. The average Bonchev–Trinajstić information content (AvgIpc) is 2.34. The van der Waals surface area contributed by atoms with Crippen molar-refractivity contribution in [3.63, 3.8) is 0 Å². The molecule has 0 unspecified atom stereocenters. The fourth-order valence-electron chi connectivity index (χ4n) is 1.85. The third kappa shape index (κ3) is 4.04. The number of nitrogen functional groups attached to an aromatic ring is 1.